The highest BCUT2D eigenvalue weighted by Gasteiger charge is 2.61. The summed E-state index contributed by atoms with van der Waals surface area (Å²) in [7, 11) is 0. The van der Waals surface area contributed by atoms with E-state index in [1.807, 2.05) is 32.1 Å². The fourth-order valence-corrected chi connectivity index (χ4v) is 8.20. The first-order valence-electron chi connectivity index (χ1n) is 17.7. The molecule has 2 saturated heterocycles. The minimum atomic E-state index is -1.90. The van der Waals surface area contributed by atoms with Crippen LogP contribution in [0.15, 0.2) is 80.5 Å². The average molecular weight is 758 g/mol. The van der Waals surface area contributed by atoms with Crippen molar-refractivity contribution in [1.82, 2.24) is 0 Å². The van der Waals surface area contributed by atoms with Gasteiger partial charge in [-0.05, 0) is 77.0 Å². The second-order valence-electron chi connectivity index (χ2n) is 14.7. The number of esters is 2. The Morgan fingerprint density at radius 1 is 1.12 bits per heavy atom. The molecule has 11 heteroatoms. The molecule has 12 atom stereocenters. The maximum atomic E-state index is 14.4. The first-order valence-corrected chi connectivity index (χ1v) is 18.5. The van der Waals surface area contributed by atoms with Gasteiger partial charge >= 0.3 is 11.9 Å². The van der Waals surface area contributed by atoms with Crippen LogP contribution >= 0.6 is 15.9 Å². The monoisotopic (exact) mass is 756 g/mol. The Kier molecular flexibility index (Phi) is 10.9. The van der Waals surface area contributed by atoms with Crippen molar-refractivity contribution in [2.45, 2.75) is 115 Å². The van der Waals surface area contributed by atoms with Gasteiger partial charge in [0.15, 0.2) is 16.6 Å². The fourth-order valence-electron chi connectivity index (χ4n) is 7.89. The maximum Gasteiger partial charge on any atom is 0.374 e. The Balaban J connectivity index is 1.38. The molecular formula is C39H49BrO10. The molecule has 2 bridgehead atoms. The lowest BCUT2D eigenvalue weighted by Crippen LogP contribution is -2.59. The highest BCUT2D eigenvalue weighted by Crippen LogP contribution is 2.48. The van der Waals surface area contributed by atoms with Crippen molar-refractivity contribution in [3.05, 3.63) is 81.8 Å². The van der Waals surface area contributed by atoms with Gasteiger partial charge in [0.2, 0.25) is 5.76 Å². The quantitative estimate of drug-likeness (QED) is 0.258. The van der Waals surface area contributed by atoms with Crippen LogP contribution in [0.1, 0.15) is 77.8 Å². The third-order valence-corrected chi connectivity index (χ3v) is 11.5. The predicted octanol–water partition coefficient (Wildman–Crippen LogP) is 6.53. The van der Waals surface area contributed by atoms with E-state index in [4.69, 9.17) is 28.1 Å². The van der Waals surface area contributed by atoms with Gasteiger partial charge in [-0.3, -0.25) is 4.79 Å². The molecule has 5 aliphatic rings. The van der Waals surface area contributed by atoms with Crippen LogP contribution in [0.2, 0.25) is 0 Å². The third kappa shape index (κ3) is 7.14. The average Bonchev–Trinajstić information content (AvgIpc) is 3.67. The van der Waals surface area contributed by atoms with Gasteiger partial charge in [-0.15, -0.1) is 0 Å². The van der Waals surface area contributed by atoms with Gasteiger partial charge in [0, 0.05) is 24.7 Å². The van der Waals surface area contributed by atoms with Gasteiger partial charge in [0.25, 0.3) is 0 Å². The zero-order chi connectivity index (χ0) is 36.0. The van der Waals surface area contributed by atoms with Crippen LogP contribution in [0, 0.1) is 23.7 Å². The number of aliphatic hydroxyl groups is 2. The van der Waals surface area contributed by atoms with Crippen molar-refractivity contribution in [2.75, 3.05) is 6.61 Å². The van der Waals surface area contributed by atoms with Crippen LogP contribution in [-0.2, 0) is 28.5 Å². The van der Waals surface area contributed by atoms with Crippen LogP contribution in [0.25, 0.3) is 0 Å². The minimum Gasteiger partial charge on any atom is -0.462 e. The number of halogens is 1. The Morgan fingerprint density at radius 2 is 1.90 bits per heavy atom. The Labute approximate surface area is 302 Å². The smallest absolute Gasteiger partial charge is 0.374 e. The van der Waals surface area contributed by atoms with Crippen LogP contribution in [-0.4, -0.2) is 76.8 Å². The van der Waals surface area contributed by atoms with E-state index < -0.39 is 53.7 Å². The summed E-state index contributed by atoms with van der Waals surface area (Å²) in [5.74, 6) is -3.42. The van der Waals surface area contributed by atoms with Crippen molar-refractivity contribution in [3.8, 4) is 0 Å². The van der Waals surface area contributed by atoms with Crippen molar-refractivity contribution < 1.29 is 47.9 Å². The fraction of sp³-hybridized carbons (Fsp3) is 0.590. The van der Waals surface area contributed by atoms with E-state index in [9.17, 15) is 19.8 Å². The molecule has 0 aromatic carbocycles. The summed E-state index contributed by atoms with van der Waals surface area (Å²) < 4.78 is 37.6. The number of aliphatic hydroxyl groups excluding tert-OH is 1. The predicted molar refractivity (Wildman–Crippen MR) is 188 cm³/mol. The molecule has 50 heavy (non-hydrogen) atoms. The van der Waals surface area contributed by atoms with E-state index in [2.05, 4.69) is 42.8 Å². The van der Waals surface area contributed by atoms with E-state index in [0.29, 0.717) is 28.7 Å². The molecule has 0 amide bonds. The van der Waals surface area contributed by atoms with Gasteiger partial charge < -0.3 is 38.3 Å². The number of carbonyl (C=O) groups is 2. The second kappa shape index (κ2) is 14.7. The number of hydrogen-bond acceptors (Lipinski definition) is 10. The number of hydrogen-bond donors (Lipinski definition) is 2. The van der Waals surface area contributed by atoms with Crippen molar-refractivity contribution in [2.24, 2.45) is 23.7 Å². The van der Waals surface area contributed by atoms with Gasteiger partial charge in [-0.25, -0.2) is 4.79 Å². The molecule has 1 spiro atoms. The molecule has 10 nitrogen and oxygen atoms in total. The Hall–Kier alpha value is -2.80. The number of fused-ring (bicyclic) bond motifs is 2. The van der Waals surface area contributed by atoms with E-state index in [-0.39, 0.29) is 48.7 Å². The summed E-state index contributed by atoms with van der Waals surface area (Å²) in [5.41, 5.74) is -0.133. The zero-order valence-electron chi connectivity index (χ0n) is 29.5. The molecule has 2 fully saturated rings. The van der Waals surface area contributed by atoms with Crippen LogP contribution in [0.5, 0.6) is 0 Å². The lowest BCUT2D eigenvalue weighted by molar-refractivity contribution is -0.300. The zero-order valence-corrected chi connectivity index (χ0v) is 31.1. The normalized spacial score (nSPS) is 42.3. The molecule has 0 radical (unpaired) electrons. The first-order chi connectivity index (χ1) is 23.7. The Bertz CT molecular complexity index is 1600. The lowest BCUT2D eigenvalue weighted by atomic mass is 9.70. The third-order valence-electron chi connectivity index (χ3n) is 11.0. The number of carbonyl (C=O) groups excluding carboxylic acids is 2. The minimum absolute atomic E-state index is 0.0110. The summed E-state index contributed by atoms with van der Waals surface area (Å²) in [6.45, 7) is 12.0. The molecule has 272 valence electrons. The topological polar surface area (TPSA) is 134 Å². The SMILES string of the molecule is CC[C@H](C)[C@H]1O[C@]2(C=C[C@@H]1C)C[C@@H]1C[C@@H](C/C=C(\C)[C@@H](O)[C@@H](C)/C=C/C=C3\CO[C@@H]4[C@H](OC(=O)c5ccc(Br)o5)C(C)=C[C@@H](C(=O)O1)[C@]34O)O2. The summed E-state index contributed by atoms with van der Waals surface area (Å²) in [6, 6.07) is 3.07. The highest BCUT2D eigenvalue weighted by atomic mass is 79.9. The molecule has 5 heterocycles. The summed E-state index contributed by atoms with van der Waals surface area (Å²) in [6.07, 6.45) is 11.2. The van der Waals surface area contributed by atoms with Crippen molar-refractivity contribution in [1.29, 1.82) is 0 Å². The number of rotatable bonds is 4. The van der Waals surface area contributed by atoms with E-state index >= 15 is 0 Å². The largest absolute Gasteiger partial charge is 0.462 e. The second-order valence-corrected chi connectivity index (χ2v) is 15.5. The van der Waals surface area contributed by atoms with Crippen molar-refractivity contribution >= 4 is 27.9 Å². The van der Waals surface area contributed by atoms with Gasteiger partial charge in [-0.2, -0.15) is 0 Å². The number of furan rings is 1. The Morgan fingerprint density at radius 3 is 2.62 bits per heavy atom. The molecule has 0 unspecified atom stereocenters. The molecule has 1 aliphatic carbocycles. The lowest BCUT2D eigenvalue weighted by Gasteiger charge is -2.48. The molecule has 6 rings (SSSR count). The van der Waals surface area contributed by atoms with Gasteiger partial charge in [0.05, 0.1) is 24.9 Å². The number of ether oxygens (including phenoxy) is 5. The maximum absolute atomic E-state index is 14.4. The van der Waals surface area contributed by atoms with E-state index in [1.165, 1.54) is 6.07 Å². The highest BCUT2D eigenvalue weighted by molar-refractivity contribution is 9.10. The summed E-state index contributed by atoms with van der Waals surface area (Å²) >= 11 is 3.21. The standard InChI is InChI=1S/C39H49BrO10/c1-7-21(2)33-24(5)15-16-38(50-33)19-28-18-27(49-38)12-11-23(4)32(41)22(3)9-8-10-26-20-45-35-34(48-37(43)30-13-14-31(40)47-30)25(6)17-29(36(42)46-28)39(26,35)44/h8-11,13-17,21-22,24,27-29,32-35,41,44H,7,12,18-20H2,1-6H3/b9-8+,23-11+,26-10+/t21-,22-,24-,27+,28-,29-,32-,33+,34+,35+,38+,39+/m0/s1. The van der Waals surface area contributed by atoms with Gasteiger partial charge in [-0.1, -0.05) is 70.6 Å². The van der Waals surface area contributed by atoms with Crippen molar-refractivity contribution in [3.63, 3.8) is 0 Å². The molecule has 1 aromatic heterocycles. The van der Waals surface area contributed by atoms with Crippen LogP contribution in [0.4, 0.5) is 0 Å². The van der Waals surface area contributed by atoms with Crippen LogP contribution < -0.4 is 0 Å². The summed E-state index contributed by atoms with van der Waals surface area (Å²) in [4.78, 5) is 27.5. The summed E-state index contributed by atoms with van der Waals surface area (Å²) in [5, 5.41) is 23.8. The molecule has 1 aromatic rings. The van der Waals surface area contributed by atoms with E-state index in [1.54, 1.807) is 31.2 Å². The number of allylic oxidation sites excluding steroid dienone is 2. The molecule has 2 N–H and O–H groups in total. The van der Waals surface area contributed by atoms with Gasteiger partial charge in [0.1, 0.15) is 23.7 Å². The molecule has 0 saturated carbocycles. The van der Waals surface area contributed by atoms with Crippen LogP contribution in [0.3, 0.4) is 0 Å². The van der Waals surface area contributed by atoms with E-state index in [0.717, 1.165) is 12.0 Å². The molecule has 4 aliphatic heterocycles. The first kappa shape index (κ1) is 37.0. The molecular weight excluding hydrogens is 708 g/mol.